The third kappa shape index (κ3) is 7.11. The van der Waals surface area contributed by atoms with Crippen molar-refractivity contribution < 1.29 is 14.3 Å². The van der Waals surface area contributed by atoms with Crippen LogP contribution in [0.1, 0.15) is 65.3 Å². The van der Waals surface area contributed by atoms with E-state index in [-0.39, 0.29) is 18.1 Å². The molecule has 2 N–H and O–H groups in total. The van der Waals surface area contributed by atoms with E-state index in [9.17, 15) is 4.79 Å². The van der Waals surface area contributed by atoms with Gasteiger partial charge in [0.1, 0.15) is 9.88 Å². The predicted molar refractivity (Wildman–Crippen MR) is 121 cm³/mol. The SMILES string of the molecule is CCOC(=O)c1sc(C(C)NC(=NC)NCCCOC(C)c2ccccc2)nc1C. The zero-order chi connectivity index (χ0) is 21.9. The quantitative estimate of drug-likeness (QED) is 0.255. The molecule has 2 rings (SSSR count). The van der Waals surface area contributed by atoms with Crippen LogP contribution in [0.15, 0.2) is 35.3 Å². The van der Waals surface area contributed by atoms with Crippen LogP contribution < -0.4 is 10.6 Å². The van der Waals surface area contributed by atoms with Crippen LogP contribution in [0, 0.1) is 6.92 Å². The molecule has 2 atom stereocenters. The molecule has 1 aromatic carbocycles. The van der Waals surface area contributed by atoms with Crippen LogP contribution in [0.5, 0.6) is 0 Å². The third-order valence-corrected chi connectivity index (χ3v) is 5.79. The van der Waals surface area contributed by atoms with Crippen LogP contribution >= 0.6 is 11.3 Å². The number of aromatic nitrogens is 1. The number of carbonyl (C=O) groups is 1. The monoisotopic (exact) mass is 432 g/mol. The molecule has 0 aliphatic carbocycles. The normalized spacial score (nSPS) is 13.6. The Balaban J connectivity index is 1.76. The molecular weight excluding hydrogens is 400 g/mol. The predicted octanol–water partition coefficient (Wildman–Crippen LogP) is 4.02. The molecular formula is C22H32N4O3S. The van der Waals surface area contributed by atoms with Gasteiger partial charge in [0.15, 0.2) is 5.96 Å². The number of nitrogens with zero attached hydrogens (tertiary/aromatic N) is 2. The Bertz CT molecular complexity index is 823. The van der Waals surface area contributed by atoms with Gasteiger partial charge in [-0.05, 0) is 39.7 Å². The maximum atomic E-state index is 12.0. The minimum Gasteiger partial charge on any atom is -0.462 e. The van der Waals surface area contributed by atoms with E-state index in [2.05, 4.69) is 39.7 Å². The van der Waals surface area contributed by atoms with E-state index in [1.807, 2.05) is 32.0 Å². The Morgan fingerprint density at radius 1 is 1.27 bits per heavy atom. The van der Waals surface area contributed by atoms with Crippen molar-refractivity contribution in [2.45, 2.75) is 46.3 Å². The summed E-state index contributed by atoms with van der Waals surface area (Å²) in [7, 11) is 1.73. The van der Waals surface area contributed by atoms with Crippen LogP contribution in [0.2, 0.25) is 0 Å². The maximum absolute atomic E-state index is 12.0. The number of hydrogen-bond acceptors (Lipinski definition) is 6. The van der Waals surface area contributed by atoms with Crippen molar-refractivity contribution in [3.8, 4) is 0 Å². The average Bonchev–Trinajstić information content (AvgIpc) is 3.15. The average molecular weight is 433 g/mol. The summed E-state index contributed by atoms with van der Waals surface area (Å²) in [5.41, 5.74) is 1.87. The van der Waals surface area contributed by atoms with Crippen molar-refractivity contribution in [3.63, 3.8) is 0 Å². The fourth-order valence-corrected chi connectivity index (χ4v) is 3.77. The number of esters is 1. The van der Waals surface area contributed by atoms with Crippen LogP contribution in [-0.2, 0) is 9.47 Å². The molecule has 0 fully saturated rings. The molecule has 0 radical (unpaired) electrons. The number of hydrogen-bond donors (Lipinski definition) is 2. The van der Waals surface area contributed by atoms with E-state index < -0.39 is 0 Å². The van der Waals surface area contributed by atoms with Gasteiger partial charge in [-0.15, -0.1) is 11.3 Å². The molecule has 0 saturated heterocycles. The molecule has 7 nitrogen and oxygen atoms in total. The number of nitrogens with one attached hydrogen (secondary N) is 2. The lowest BCUT2D eigenvalue weighted by Gasteiger charge is -2.17. The van der Waals surface area contributed by atoms with Crippen molar-refractivity contribution in [2.24, 2.45) is 4.99 Å². The van der Waals surface area contributed by atoms with E-state index in [0.717, 1.165) is 18.0 Å². The Kier molecular flexibility index (Phi) is 9.76. The molecule has 2 aromatic rings. The Hall–Kier alpha value is -2.45. The number of benzene rings is 1. The van der Waals surface area contributed by atoms with Crippen molar-refractivity contribution in [3.05, 3.63) is 51.5 Å². The van der Waals surface area contributed by atoms with E-state index in [1.54, 1.807) is 14.0 Å². The largest absolute Gasteiger partial charge is 0.462 e. The summed E-state index contributed by atoms with van der Waals surface area (Å²) >= 11 is 1.35. The van der Waals surface area contributed by atoms with E-state index >= 15 is 0 Å². The summed E-state index contributed by atoms with van der Waals surface area (Å²) < 4.78 is 11.0. The highest BCUT2D eigenvalue weighted by Gasteiger charge is 2.20. The zero-order valence-corrected chi connectivity index (χ0v) is 19.2. The van der Waals surface area contributed by atoms with Crippen LogP contribution in [-0.4, -0.2) is 43.7 Å². The van der Waals surface area contributed by atoms with E-state index in [0.29, 0.717) is 29.7 Å². The Labute approximate surface area is 182 Å². The Morgan fingerprint density at radius 3 is 2.67 bits per heavy atom. The molecule has 0 saturated carbocycles. The number of ether oxygens (including phenoxy) is 2. The van der Waals surface area contributed by atoms with Gasteiger partial charge in [0, 0.05) is 20.2 Å². The molecule has 30 heavy (non-hydrogen) atoms. The molecule has 0 spiro atoms. The summed E-state index contributed by atoms with van der Waals surface area (Å²) in [5, 5.41) is 7.42. The minimum absolute atomic E-state index is 0.0744. The van der Waals surface area contributed by atoms with Gasteiger partial charge in [0.05, 0.1) is 24.4 Å². The van der Waals surface area contributed by atoms with Gasteiger partial charge in [0.2, 0.25) is 0 Å². The van der Waals surface area contributed by atoms with Gasteiger partial charge in [-0.3, -0.25) is 4.99 Å². The number of carbonyl (C=O) groups excluding carboxylic acids is 1. The second-order valence-electron chi connectivity index (χ2n) is 6.83. The number of guanidine groups is 1. The smallest absolute Gasteiger partial charge is 0.350 e. The first kappa shape index (κ1) is 23.8. The summed E-state index contributed by atoms with van der Waals surface area (Å²) in [6, 6.07) is 10.1. The van der Waals surface area contributed by atoms with E-state index in [4.69, 9.17) is 9.47 Å². The number of aliphatic imine (C=N–C) groups is 1. The van der Waals surface area contributed by atoms with Gasteiger partial charge < -0.3 is 20.1 Å². The highest BCUT2D eigenvalue weighted by Crippen LogP contribution is 2.24. The molecule has 0 bridgehead atoms. The molecule has 0 aliphatic rings. The first-order valence-corrected chi connectivity index (χ1v) is 11.1. The summed E-state index contributed by atoms with van der Waals surface area (Å²) in [6.45, 7) is 9.41. The highest BCUT2D eigenvalue weighted by molar-refractivity contribution is 7.13. The fraction of sp³-hybridized carbons (Fsp3) is 0.500. The standard InChI is InChI=1S/C22H32N4O3S/c1-6-28-21(27)19-15(2)25-20(30-19)16(3)26-22(23-5)24-13-10-14-29-17(4)18-11-8-7-9-12-18/h7-9,11-12,16-17H,6,10,13-14H2,1-5H3,(H2,23,24,26). The van der Waals surface area contributed by atoms with Crippen LogP contribution in [0.25, 0.3) is 0 Å². The third-order valence-electron chi connectivity index (χ3n) is 4.47. The molecule has 0 amide bonds. The maximum Gasteiger partial charge on any atom is 0.350 e. The zero-order valence-electron chi connectivity index (χ0n) is 18.4. The van der Waals surface area contributed by atoms with Crippen molar-refractivity contribution >= 4 is 23.3 Å². The lowest BCUT2D eigenvalue weighted by atomic mass is 10.1. The number of aryl methyl sites for hydroxylation is 1. The van der Waals surface area contributed by atoms with Gasteiger partial charge >= 0.3 is 5.97 Å². The van der Waals surface area contributed by atoms with Gasteiger partial charge in [0.25, 0.3) is 0 Å². The van der Waals surface area contributed by atoms with Gasteiger partial charge in [-0.2, -0.15) is 0 Å². The summed E-state index contributed by atoms with van der Waals surface area (Å²) in [5.74, 6) is 0.363. The summed E-state index contributed by atoms with van der Waals surface area (Å²) in [6.07, 6.45) is 0.931. The summed E-state index contributed by atoms with van der Waals surface area (Å²) in [4.78, 5) is 21.3. The highest BCUT2D eigenvalue weighted by atomic mass is 32.1. The lowest BCUT2D eigenvalue weighted by molar-refractivity contribution is 0.0531. The van der Waals surface area contributed by atoms with Crippen molar-refractivity contribution in [1.82, 2.24) is 15.6 Å². The topological polar surface area (TPSA) is 84.8 Å². The van der Waals surface area contributed by atoms with Crippen molar-refractivity contribution in [1.29, 1.82) is 0 Å². The fourth-order valence-electron chi connectivity index (χ4n) is 2.81. The molecule has 1 heterocycles. The van der Waals surface area contributed by atoms with E-state index in [1.165, 1.54) is 16.9 Å². The second kappa shape index (κ2) is 12.3. The van der Waals surface area contributed by atoms with Gasteiger partial charge in [-0.1, -0.05) is 30.3 Å². The van der Waals surface area contributed by atoms with Crippen LogP contribution in [0.4, 0.5) is 0 Å². The lowest BCUT2D eigenvalue weighted by Crippen LogP contribution is -2.39. The second-order valence-corrected chi connectivity index (χ2v) is 7.86. The number of rotatable bonds is 10. The van der Waals surface area contributed by atoms with Crippen molar-refractivity contribution in [2.75, 3.05) is 26.8 Å². The molecule has 8 heteroatoms. The minimum atomic E-state index is -0.321. The molecule has 0 aliphatic heterocycles. The van der Waals surface area contributed by atoms with Crippen LogP contribution in [0.3, 0.4) is 0 Å². The molecule has 1 aromatic heterocycles. The number of thiazole rings is 1. The molecule has 2 unspecified atom stereocenters. The first-order valence-electron chi connectivity index (χ1n) is 10.2. The molecule has 164 valence electrons. The van der Waals surface area contributed by atoms with Gasteiger partial charge in [-0.25, -0.2) is 9.78 Å². The first-order chi connectivity index (χ1) is 14.5. The Morgan fingerprint density at radius 2 is 2.00 bits per heavy atom.